The zero-order chi connectivity index (χ0) is 67.3. The zero-order valence-corrected chi connectivity index (χ0v) is 53.5. The minimum atomic E-state index is -0.987. The highest BCUT2D eigenvalue weighted by atomic mass is 19.1. The molecule has 0 amide bonds. The van der Waals surface area contributed by atoms with E-state index in [0.29, 0.717) is 101 Å². The Hall–Kier alpha value is -11.4. The molecule has 0 unspecified atom stereocenters. The van der Waals surface area contributed by atoms with Crippen LogP contribution in [-0.4, -0.2) is 75.4 Å². The summed E-state index contributed by atoms with van der Waals surface area (Å²) in [5.74, 6) is 1.28. The Kier molecular flexibility index (Phi) is 18.7. The van der Waals surface area contributed by atoms with Crippen LogP contribution < -0.4 is 40.4 Å². The minimum Gasteiger partial charge on any atom is -0.491 e. The summed E-state index contributed by atoms with van der Waals surface area (Å²) in [5, 5.41) is 38.0. The molecule has 6 aromatic heterocycles. The molecule has 6 heterocycles. The molecule has 0 atom stereocenters. The fourth-order valence-electron chi connectivity index (χ4n) is 10.9. The molecule has 0 radical (unpaired) electrons. The molecule has 13 rings (SSSR count). The van der Waals surface area contributed by atoms with Gasteiger partial charge < -0.3 is 54.0 Å². The molecule has 19 heteroatoms. The number of nitrogens with one attached hydrogen (secondary N) is 2. The first-order valence-electron chi connectivity index (χ1n) is 31.0. The van der Waals surface area contributed by atoms with Crippen LogP contribution in [0.4, 0.5) is 31.8 Å². The summed E-state index contributed by atoms with van der Waals surface area (Å²) in [7, 11) is 0. The topological polar surface area (TPSA) is 217 Å². The van der Waals surface area contributed by atoms with Crippen LogP contribution in [0.1, 0.15) is 44.4 Å². The van der Waals surface area contributed by atoms with E-state index in [1.165, 1.54) is 24.3 Å². The van der Waals surface area contributed by atoms with Crippen LogP contribution in [0.5, 0.6) is 34.5 Å². The number of anilines is 4. The lowest BCUT2D eigenvalue weighted by Crippen LogP contribution is -2.27. The average Bonchev–Trinajstić information content (AvgIpc) is 0.769. The number of benzene rings is 7. The van der Waals surface area contributed by atoms with Gasteiger partial charge in [0.15, 0.2) is 23.1 Å². The highest BCUT2D eigenvalue weighted by Crippen LogP contribution is 2.37. The second-order valence-corrected chi connectivity index (χ2v) is 24.5. The highest BCUT2D eigenvalue weighted by Gasteiger charge is 2.21. The molecule has 0 saturated heterocycles. The number of halogens is 2. The van der Waals surface area contributed by atoms with Gasteiger partial charge in [0.25, 0.3) is 0 Å². The summed E-state index contributed by atoms with van der Waals surface area (Å²) < 4.78 is 58.3. The van der Waals surface area contributed by atoms with Crippen LogP contribution >= 0.6 is 0 Å². The van der Waals surface area contributed by atoms with E-state index in [1.54, 1.807) is 125 Å². The standard InChI is InChI=1S/C41H35FN4O4.C36H33FN4O5/c1-26-9-11-28(12-10-26)32-24-46(23-27-7-5-4-6-8-27)35-17-19-44-40(38(35)39(32)47)45-29-13-16-37(33(42)21-29)50-36-18-20-43-34-22-30(14-15-31(34)36)49-25-41(2,3)48;1-22-4-6-23(7-5-22)27-20-41(16-17-42)30-12-14-39-35(33(30)34(27)43)40-24-8-11-32(28(37)18-24)46-31-13-15-38-29-19-25(9-10-26(29)31)45-21-36(2,3)44/h4-22,24,48H,23,25H2,1-3H3,(H,44,45);4-15,18-20,42,44H,16-17,21H2,1-3H3,(H,39,40). The lowest BCUT2D eigenvalue weighted by Gasteiger charge is -2.18. The number of hydrogen-bond donors (Lipinski definition) is 5. The van der Waals surface area contributed by atoms with Gasteiger partial charge in [-0.15, -0.1) is 0 Å². The molecule has 13 aromatic rings. The van der Waals surface area contributed by atoms with Crippen molar-refractivity contribution in [2.45, 2.75) is 65.8 Å². The van der Waals surface area contributed by atoms with Crippen molar-refractivity contribution in [2.75, 3.05) is 30.5 Å². The van der Waals surface area contributed by atoms with Crippen molar-refractivity contribution < 1.29 is 43.0 Å². The molecule has 0 aliphatic rings. The quantitative estimate of drug-likeness (QED) is 0.0479. The molecule has 17 nitrogen and oxygen atoms in total. The molecule has 96 heavy (non-hydrogen) atoms. The molecule has 484 valence electrons. The fraction of sp³-hybridized carbons (Fsp3) is 0.169. The minimum absolute atomic E-state index is 0.00163. The Morgan fingerprint density at radius 2 is 0.927 bits per heavy atom. The van der Waals surface area contributed by atoms with Crippen molar-refractivity contribution >= 4 is 66.6 Å². The lowest BCUT2D eigenvalue weighted by atomic mass is 10.0. The van der Waals surface area contributed by atoms with Gasteiger partial charge in [0, 0.05) is 108 Å². The Morgan fingerprint density at radius 3 is 1.36 bits per heavy atom. The Morgan fingerprint density at radius 1 is 0.490 bits per heavy atom. The predicted octanol–water partition coefficient (Wildman–Crippen LogP) is 15.5. The van der Waals surface area contributed by atoms with Crippen molar-refractivity contribution in [3.63, 3.8) is 0 Å². The van der Waals surface area contributed by atoms with E-state index in [1.807, 2.05) is 114 Å². The first-order valence-corrected chi connectivity index (χ1v) is 31.0. The SMILES string of the molecule is Cc1ccc(-c2cn(CCO)c3ccnc(Nc4ccc(Oc5ccnc6cc(OCC(C)(C)O)ccc56)c(F)c4)c3c2=O)cc1.Cc1ccc(-c2cn(Cc3ccccc3)c3ccnc(Nc4ccc(Oc5ccnc6cc(OCC(C)(C)O)ccc56)c(F)c4)c3c2=O)cc1. The van der Waals surface area contributed by atoms with Gasteiger partial charge in [-0.25, -0.2) is 18.7 Å². The number of aliphatic hydroxyl groups excluding tert-OH is 1. The number of rotatable bonds is 20. The van der Waals surface area contributed by atoms with Gasteiger partial charge in [0.2, 0.25) is 10.9 Å². The number of nitrogens with zero attached hydrogens (tertiary/aromatic N) is 6. The maximum absolute atomic E-state index is 15.6. The molecule has 7 aromatic carbocycles. The van der Waals surface area contributed by atoms with Crippen molar-refractivity contribution in [1.29, 1.82) is 0 Å². The second kappa shape index (κ2) is 27.7. The fourth-order valence-corrected chi connectivity index (χ4v) is 10.9. The van der Waals surface area contributed by atoms with E-state index < -0.39 is 22.8 Å². The maximum atomic E-state index is 15.6. The van der Waals surface area contributed by atoms with Gasteiger partial charge in [-0.05, 0) is 131 Å². The molecule has 0 aliphatic heterocycles. The van der Waals surface area contributed by atoms with Crippen LogP contribution in [0.15, 0.2) is 223 Å². The van der Waals surface area contributed by atoms with E-state index in [9.17, 15) is 24.9 Å². The Balaban J connectivity index is 0.000000184. The zero-order valence-electron chi connectivity index (χ0n) is 53.5. The Bertz CT molecular complexity index is 5130. The largest absolute Gasteiger partial charge is 0.491 e. The number of pyridine rings is 6. The Labute approximate surface area is 551 Å². The molecule has 0 spiro atoms. The number of aromatic nitrogens is 6. The smallest absolute Gasteiger partial charge is 0.200 e. The van der Waals surface area contributed by atoms with Crippen molar-refractivity contribution in [2.24, 2.45) is 0 Å². The number of ether oxygens (including phenoxy) is 4. The third kappa shape index (κ3) is 15.0. The molecule has 0 aliphatic carbocycles. The molecular weight excluding hydrogens is 1220 g/mol. The van der Waals surface area contributed by atoms with Crippen LogP contribution in [0.2, 0.25) is 0 Å². The first kappa shape index (κ1) is 64.7. The second-order valence-electron chi connectivity index (χ2n) is 24.5. The van der Waals surface area contributed by atoms with E-state index in [-0.39, 0.29) is 54.5 Å². The highest BCUT2D eigenvalue weighted by molar-refractivity contribution is 5.95. The molecule has 0 bridgehead atoms. The number of fused-ring (bicyclic) bond motifs is 4. The molecule has 0 fully saturated rings. The van der Waals surface area contributed by atoms with Crippen LogP contribution in [0.3, 0.4) is 0 Å². The summed E-state index contributed by atoms with van der Waals surface area (Å²) in [6.45, 7) is 11.5. The van der Waals surface area contributed by atoms with Crippen molar-refractivity contribution in [1.82, 2.24) is 29.1 Å². The van der Waals surface area contributed by atoms with Gasteiger partial charge in [-0.2, -0.15) is 0 Å². The number of aryl methyl sites for hydroxylation is 2. The summed E-state index contributed by atoms with van der Waals surface area (Å²) in [5.41, 5.74) is 6.65. The number of hydrogen-bond acceptors (Lipinski definition) is 15. The third-order valence-electron chi connectivity index (χ3n) is 15.6. The van der Waals surface area contributed by atoms with Gasteiger partial charge in [0.1, 0.15) is 47.8 Å². The van der Waals surface area contributed by atoms with Gasteiger partial charge >= 0.3 is 0 Å². The lowest BCUT2D eigenvalue weighted by molar-refractivity contribution is 0.0282. The summed E-state index contributed by atoms with van der Waals surface area (Å²) in [6.07, 6.45) is 9.98. The van der Waals surface area contributed by atoms with Gasteiger partial charge in [-0.3, -0.25) is 19.6 Å². The van der Waals surface area contributed by atoms with E-state index in [0.717, 1.165) is 27.8 Å². The maximum Gasteiger partial charge on any atom is 0.200 e. The van der Waals surface area contributed by atoms with Crippen LogP contribution in [-0.2, 0) is 13.1 Å². The summed E-state index contributed by atoms with van der Waals surface area (Å²) in [4.78, 5) is 45.7. The molecule has 0 saturated carbocycles. The average molecular weight is 1290 g/mol. The first-order chi connectivity index (χ1) is 46.2. The van der Waals surface area contributed by atoms with Crippen molar-refractivity contribution in [3.8, 4) is 56.8 Å². The van der Waals surface area contributed by atoms with Crippen LogP contribution in [0.25, 0.3) is 65.9 Å². The van der Waals surface area contributed by atoms with Gasteiger partial charge in [-0.1, -0.05) is 90.0 Å². The normalized spacial score (nSPS) is 11.6. The van der Waals surface area contributed by atoms with Crippen LogP contribution in [0, 0.1) is 25.5 Å². The van der Waals surface area contributed by atoms with Crippen molar-refractivity contribution in [3.05, 3.63) is 262 Å². The monoisotopic (exact) mass is 1290 g/mol. The third-order valence-corrected chi connectivity index (χ3v) is 15.6. The van der Waals surface area contributed by atoms with E-state index in [4.69, 9.17) is 18.9 Å². The number of aliphatic hydroxyl groups is 3. The van der Waals surface area contributed by atoms with Gasteiger partial charge in [0.05, 0.1) is 50.6 Å². The summed E-state index contributed by atoms with van der Waals surface area (Å²) in [6, 6.07) is 51.8. The molecule has 5 N–H and O–H groups in total. The van der Waals surface area contributed by atoms with E-state index >= 15 is 8.78 Å². The predicted molar refractivity (Wildman–Crippen MR) is 372 cm³/mol. The molecular formula is C77H68F2N8O9. The summed E-state index contributed by atoms with van der Waals surface area (Å²) >= 11 is 0. The van der Waals surface area contributed by atoms with E-state index in [2.05, 4.69) is 30.6 Å².